The predicted octanol–water partition coefficient (Wildman–Crippen LogP) is 3.58. The minimum absolute atomic E-state index is 0.381. The van der Waals surface area contributed by atoms with Crippen molar-refractivity contribution in [3.63, 3.8) is 0 Å². The number of hydrogen-bond acceptors (Lipinski definition) is 2. The van der Waals surface area contributed by atoms with Crippen molar-refractivity contribution in [3.05, 3.63) is 47.5 Å². The zero-order valence-corrected chi connectivity index (χ0v) is 8.87. The number of aromatic nitrogens is 2. The van der Waals surface area contributed by atoms with E-state index in [1.54, 1.807) is 12.1 Å². The minimum atomic E-state index is -0.512. The first kappa shape index (κ1) is 9.48. The number of nitrogens with zero attached hydrogens (tertiary/aromatic N) is 2. The zero-order valence-electron chi connectivity index (χ0n) is 8.11. The summed E-state index contributed by atoms with van der Waals surface area (Å²) in [5.74, 6) is -0.512. The van der Waals surface area contributed by atoms with E-state index in [1.165, 1.54) is 6.07 Å². The fourth-order valence-electron chi connectivity index (χ4n) is 1.72. The lowest BCUT2D eigenvalue weighted by Gasteiger charge is -2.02. The Morgan fingerprint density at radius 3 is 2.12 bits per heavy atom. The first-order valence-electron chi connectivity index (χ1n) is 4.75. The van der Waals surface area contributed by atoms with Gasteiger partial charge in [-0.05, 0) is 24.3 Å². The molecule has 2 nitrogen and oxygen atoms in total. The Labute approximate surface area is 95.7 Å². The lowest BCUT2D eigenvalue weighted by molar-refractivity contribution is 0.589. The number of rotatable bonds is 0. The van der Waals surface area contributed by atoms with E-state index < -0.39 is 5.95 Å². The highest BCUT2D eigenvalue weighted by atomic mass is 35.5. The van der Waals surface area contributed by atoms with Gasteiger partial charge in [0.2, 0.25) is 5.95 Å². The van der Waals surface area contributed by atoms with Gasteiger partial charge in [0.05, 0.1) is 11.0 Å². The molecule has 0 radical (unpaired) electrons. The van der Waals surface area contributed by atoms with Crippen LogP contribution in [-0.2, 0) is 0 Å². The fourth-order valence-corrected chi connectivity index (χ4v) is 1.87. The minimum Gasteiger partial charge on any atom is -0.234 e. The van der Waals surface area contributed by atoms with Crippen LogP contribution >= 0.6 is 11.6 Å². The summed E-state index contributed by atoms with van der Waals surface area (Å²) in [6, 6.07) is 10.4. The molecule has 1 aromatic carbocycles. The van der Waals surface area contributed by atoms with Gasteiger partial charge in [0, 0.05) is 10.8 Å². The van der Waals surface area contributed by atoms with Crippen LogP contribution in [0.1, 0.15) is 0 Å². The van der Waals surface area contributed by atoms with Gasteiger partial charge in [0.25, 0.3) is 0 Å². The summed E-state index contributed by atoms with van der Waals surface area (Å²) in [6.45, 7) is 0. The molecule has 0 aliphatic carbocycles. The van der Waals surface area contributed by atoms with E-state index in [4.69, 9.17) is 11.6 Å². The Morgan fingerprint density at radius 2 is 1.38 bits per heavy atom. The van der Waals surface area contributed by atoms with Gasteiger partial charge in [0.1, 0.15) is 5.15 Å². The molecule has 0 N–H and O–H groups in total. The first-order chi connectivity index (χ1) is 7.74. The highest BCUT2D eigenvalue weighted by Gasteiger charge is 2.05. The van der Waals surface area contributed by atoms with Crippen LogP contribution in [0.4, 0.5) is 4.39 Å². The SMILES string of the molecule is Fc1ccc2ccc3ccc(Cl)nc3c2n1. The summed E-state index contributed by atoms with van der Waals surface area (Å²) < 4.78 is 13.1. The molecule has 2 aromatic heterocycles. The molecule has 0 saturated heterocycles. The first-order valence-corrected chi connectivity index (χ1v) is 5.13. The fraction of sp³-hybridized carbons (Fsp3) is 0. The van der Waals surface area contributed by atoms with Crippen molar-refractivity contribution in [2.45, 2.75) is 0 Å². The number of fused-ring (bicyclic) bond motifs is 3. The third-order valence-electron chi connectivity index (χ3n) is 2.45. The van der Waals surface area contributed by atoms with Gasteiger partial charge in [-0.15, -0.1) is 0 Å². The molecule has 0 unspecified atom stereocenters. The summed E-state index contributed by atoms with van der Waals surface area (Å²) in [6.07, 6.45) is 0. The quantitative estimate of drug-likeness (QED) is 0.437. The van der Waals surface area contributed by atoms with Crippen molar-refractivity contribution in [3.8, 4) is 0 Å². The molecule has 0 atom stereocenters. The third-order valence-corrected chi connectivity index (χ3v) is 2.66. The Balaban J connectivity index is 2.55. The maximum absolute atomic E-state index is 13.1. The highest BCUT2D eigenvalue weighted by molar-refractivity contribution is 6.30. The Morgan fingerprint density at radius 1 is 0.812 bits per heavy atom. The molecule has 0 spiro atoms. The number of halogens is 2. The summed E-state index contributed by atoms with van der Waals surface area (Å²) in [7, 11) is 0. The maximum atomic E-state index is 13.1. The molecule has 0 bridgehead atoms. The van der Waals surface area contributed by atoms with E-state index in [2.05, 4.69) is 9.97 Å². The molecule has 78 valence electrons. The Bertz CT molecular complexity index is 636. The molecule has 0 aliphatic heterocycles. The largest absolute Gasteiger partial charge is 0.234 e. The predicted molar refractivity (Wildman–Crippen MR) is 62.0 cm³/mol. The molecular formula is C12H6ClFN2. The van der Waals surface area contributed by atoms with Gasteiger partial charge in [0.15, 0.2) is 0 Å². The van der Waals surface area contributed by atoms with Crippen LogP contribution in [0.5, 0.6) is 0 Å². The van der Waals surface area contributed by atoms with Gasteiger partial charge in [-0.1, -0.05) is 23.7 Å². The van der Waals surface area contributed by atoms with E-state index >= 15 is 0 Å². The zero-order chi connectivity index (χ0) is 11.1. The Hall–Kier alpha value is -1.74. The van der Waals surface area contributed by atoms with E-state index in [1.807, 2.05) is 18.2 Å². The monoisotopic (exact) mass is 232 g/mol. The maximum Gasteiger partial charge on any atom is 0.213 e. The highest BCUT2D eigenvalue weighted by Crippen LogP contribution is 2.23. The van der Waals surface area contributed by atoms with Gasteiger partial charge < -0.3 is 0 Å². The smallest absolute Gasteiger partial charge is 0.213 e. The lowest BCUT2D eigenvalue weighted by atomic mass is 10.1. The molecule has 16 heavy (non-hydrogen) atoms. The molecule has 2 heterocycles. The molecule has 0 amide bonds. The summed E-state index contributed by atoms with van der Waals surface area (Å²) in [4.78, 5) is 8.04. The van der Waals surface area contributed by atoms with Crippen LogP contribution in [0.2, 0.25) is 5.15 Å². The van der Waals surface area contributed by atoms with Crippen molar-refractivity contribution in [2.75, 3.05) is 0 Å². The van der Waals surface area contributed by atoms with E-state index in [9.17, 15) is 4.39 Å². The van der Waals surface area contributed by atoms with Crippen LogP contribution in [0.15, 0.2) is 36.4 Å². The number of benzene rings is 1. The molecule has 0 saturated carbocycles. The van der Waals surface area contributed by atoms with Crippen LogP contribution in [0.3, 0.4) is 0 Å². The van der Waals surface area contributed by atoms with Crippen LogP contribution in [-0.4, -0.2) is 9.97 Å². The van der Waals surface area contributed by atoms with Crippen molar-refractivity contribution >= 4 is 33.4 Å². The topological polar surface area (TPSA) is 25.8 Å². The Kier molecular flexibility index (Phi) is 2.01. The van der Waals surface area contributed by atoms with Gasteiger partial charge >= 0.3 is 0 Å². The number of hydrogen-bond donors (Lipinski definition) is 0. The summed E-state index contributed by atoms with van der Waals surface area (Å²) in [5.41, 5.74) is 1.17. The second-order valence-corrected chi connectivity index (χ2v) is 3.86. The van der Waals surface area contributed by atoms with E-state index in [0.717, 1.165) is 10.8 Å². The van der Waals surface area contributed by atoms with Crippen molar-refractivity contribution < 1.29 is 4.39 Å². The molecule has 0 aliphatic rings. The van der Waals surface area contributed by atoms with Gasteiger partial charge in [-0.25, -0.2) is 9.97 Å². The van der Waals surface area contributed by atoms with E-state index in [-0.39, 0.29) is 0 Å². The van der Waals surface area contributed by atoms with Crippen molar-refractivity contribution in [2.24, 2.45) is 0 Å². The standard InChI is InChI=1S/C12H6ClFN2/c13-9-5-3-7-1-2-8-4-6-10(14)16-12(8)11(7)15-9/h1-6H. The van der Waals surface area contributed by atoms with Gasteiger partial charge in [-0.2, -0.15) is 4.39 Å². The van der Waals surface area contributed by atoms with E-state index in [0.29, 0.717) is 16.2 Å². The molecule has 3 aromatic rings. The lowest BCUT2D eigenvalue weighted by Crippen LogP contribution is -1.88. The molecule has 0 fully saturated rings. The van der Waals surface area contributed by atoms with Gasteiger partial charge in [-0.3, -0.25) is 0 Å². The molecular weight excluding hydrogens is 227 g/mol. The molecule has 3 rings (SSSR count). The normalized spacial score (nSPS) is 11.1. The molecule has 4 heteroatoms. The summed E-state index contributed by atoms with van der Waals surface area (Å²) >= 11 is 5.83. The second kappa shape index (κ2) is 3.39. The van der Waals surface area contributed by atoms with Crippen LogP contribution < -0.4 is 0 Å². The van der Waals surface area contributed by atoms with Crippen LogP contribution in [0, 0.1) is 5.95 Å². The average Bonchev–Trinajstić information content (AvgIpc) is 2.29. The summed E-state index contributed by atoms with van der Waals surface area (Å²) in [5, 5.41) is 2.13. The third kappa shape index (κ3) is 1.41. The van der Waals surface area contributed by atoms with Crippen molar-refractivity contribution in [1.29, 1.82) is 0 Å². The second-order valence-electron chi connectivity index (χ2n) is 3.48. The van der Waals surface area contributed by atoms with Crippen LogP contribution in [0.25, 0.3) is 21.8 Å². The average molecular weight is 233 g/mol. The van der Waals surface area contributed by atoms with Crippen molar-refractivity contribution in [1.82, 2.24) is 9.97 Å². The number of pyridine rings is 2.